The average molecular weight is 249 g/mol. The Morgan fingerprint density at radius 2 is 2.12 bits per heavy atom. The fourth-order valence-electron chi connectivity index (χ4n) is 2.97. The third-order valence-corrected chi connectivity index (χ3v) is 4.06. The van der Waals surface area contributed by atoms with Crippen molar-refractivity contribution in [3.63, 3.8) is 0 Å². The summed E-state index contributed by atoms with van der Waals surface area (Å²) in [4.78, 5) is 4.18. The number of fused-ring (bicyclic) bond motifs is 2. The number of allylic oxidation sites excluding steroid dienone is 2. The molecule has 90 valence electrons. The van der Waals surface area contributed by atoms with Gasteiger partial charge in [-0.3, -0.25) is 0 Å². The molecule has 2 aliphatic rings. The van der Waals surface area contributed by atoms with Gasteiger partial charge in [-0.05, 0) is 61.4 Å². The molecule has 1 N–H and O–H groups in total. The van der Waals surface area contributed by atoms with Gasteiger partial charge in [0.25, 0.3) is 0 Å². The van der Waals surface area contributed by atoms with Crippen LogP contribution in [-0.4, -0.2) is 18.1 Å². The second kappa shape index (κ2) is 4.79. The Kier molecular flexibility index (Phi) is 3.17. The molecule has 3 heteroatoms. The molecule has 0 spiro atoms. The number of halogens is 1. The van der Waals surface area contributed by atoms with Crippen LogP contribution in [0.15, 0.2) is 24.4 Å². The lowest BCUT2D eigenvalue weighted by Crippen LogP contribution is -2.35. The lowest BCUT2D eigenvalue weighted by Gasteiger charge is -2.27. The van der Waals surface area contributed by atoms with E-state index in [9.17, 15) is 0 Å². The molecule has 0 aromatic carbocycles. The molecule has 1 saturated heterocycles. The fraction of sp³-hybridized carbons (Fsp3) is 0.500. The fourth-order valence-corrected chi connectivity index (χ4v) is 3.08. The highest BCUT2D eigenvalue weighted by Gasteiger charge is 2.25. The van der Waals surface area contributed by atoms with E-state index >= 15 is 0 Å². The highest BCUT2D eigenvalue weighted by molar-refractivity contribution is 6.29. The number of hydrogen-bond donors (Lipinski definition) is 1. The Morgan fingerprint density at radius 3 is 2.94 bits per heavy atom. The summed E-state index contributed by atoms with van der Waals surface area (Å²) in [6.45, 7) is 2.34. The normalized spacial score (nSPS) is 28.4. The van der Waals surface area contributed by atoms with Gasteiger partial charge in [0.2, 0.25) is 0 Å². The lowest BCUT2D eigenvalue weighted by atomic mass is 9.88. The number of piperidine rings is 1. The smallest absolute Gasteiger partial charge is 0.129 e. The summed E-state index contributed by atoms with van der Waals surface area (Å²) in [5, 5.41) is 4.11. The van der Waals surface area contributed by atoms with Crippen LogP contribution in [-0.2, 0) is 0 Å². The minimum atomic E-state index is 0.573. The molecule has 3 rings (SSSR count). The molecule has 1 fully saturated rings. The number of hydrogen-bond acceptors (Lipinski definition) is 2. The van der Waals surface area contributed by atoms with E-state index in [1.807, 2.05) is 12.3 Å². The molecule has 2 unspecified atom stereocenters. The zero-order valence-electron chi connectivity index (χ0n) is 9.82. The predicted octanol–water partition coefficient (Wildman–Crippen LogP) is 3.14. The molecule has 0 saturated carbocycles. The Hall–Kier alpha value is -0.860. The zero-order valence-corrected chi connectivity index (χ0v) is 10.6. The second-order valence-electron chi connectivity index (χ2n) is 5.16. The van der Waals surface area contributed by atoms with Crippen LogP contribution in [0.4, 0.5) is 0 Å². The summed E-state index contributed by atoms with van der Waals surface area (Å²) < 4.78 is 0. The van der Waals surface area contributed by atoms with Crippen molar-refractivity contribution in [1.82, 2.24) is 10.3 Å². The minimum Gasteiger partial charge on any atom is -0.316 e. The molecular formula is C14H17ClN2. The first-order chi connectivity index (χ1) is 8.31. The molecule has 2 bridgehead atoms. The number of nitrogens with zero attached hydrogens (tertiary/aromatic N) is 1. The van der Waals surface area contributed by atoms with Crippen molar-refractivity contribution in [2.45, 2.75) is 19.3 Å². The van der Waals surface area contributed by atoms with Gasteiger partial charge >= 0.3 is 0 Å². The Bertz CT molecular complexity index is 424. The van der Waals surface area contributed by atoms with Gasteiger partial charge < -0.3 is 5.32 Å². The molecule has 0 amide bonds. The van der Waals surface area contributed by atoms with Crippen LogP contribution in [0.3, 0.4) is 0 Å². The van der Waals surface area contributed by atoms with Gasteiger partial charge in [0.15, 0.2) is 0 Å². The van der Waals surface area contributed by atoms with Crippen molar-refractivity contribution in [2.75, 3.05) is 13.1 Å². The Labute approximate surface area is 107 Å². The van der Waals surface area contributed by atoms with Crippen molar-refractivity contribution >= 4 is 17.2 Å². The summed E-state index contributed by atoms with van der Waals surface area (Å²) in [7, 11) is 0. The first-order valence-corrected chi connectivity index (χ1v) is 6.71. The highest BCUT2D eigenvalue weighted by Crippen LogP contribution is 2.34. The van der Waals surface area contributed by atoms with E-state index in [-0.39, 0.29) is 0 Å². The Balaban J connectivity index is 1.84. The average Bonchev–Trinajstić information content (AvgIpc) is 2.49. The van der Waals surface area contributed by atoms with Crippen molar-refractivity contribution in [2.24, 2.45) is 11.8 Å². The van der Waals surface area contributed by atoms with Gasteiger partial charge in [-0.15, -0.1) is 0 Å². The standard InChI is InChI=1S/C14H17ClN2/c15-14-4-3-13(9-17-14)12-2-1-10-5-11(6-12)8-16-7-10/h2-4,9-11,16H,1,5-8H2. The largest absolute Gasteiger partial charge is 0.316 e. The van der Waals surface area contributed by atoms with Crippen molar-refractivity contribution in [3.05, 3.63) is 35.1 Å². The van der Waals surface area contributed by atoms with Crippen LogP contribution >= 0.6 is 11.6 Å². The van der Waals surface area contributed by atoms with Crippen LogP contribution in [0.25, 0.3) is 5.57 Å². The lowest BCUT2D eigenvalue weighted by molar-refractivity contribution is 0.298. The zero-order chi connectivity index (χ0) is 11.7. The van der Waals surface area contributed by atoms with E-state index in [0.29, 0.717) is 5.15 Å². The van der Waals surface area contributed by atoms with E-state index in [1.165, 1.54) is 36.9 Å². The summed E-state index contributed by atoms with van der Waals surface area (Å²) >= 11 is 5.83. The molecule has 1 aliphatic carbocycles. The second-order valence-corrected chi connectivity index (χ2v) is 5.55. The quantitative estimate of drug-likeness (QED) is 0.773. The van der Waals surface area contributed by atoms with Crippen LogP contribution in [0.5, 0.6) is 0 Å². The molecule has 2 nitrogen and oxygen atoms in total. The summed E-state index contributed by atoms with van der Waals surface area (Å²) in [6, 6.07) is 3.97. The van der Waals surface area contributed by atoms with Crippen LogP contribution in [0.2, 0.25) is 5.15 Å². The van der Waals surface area contributed by atoms with Crippen molar-refractivity contribution < 1.29 is 0 Å². The molecule has 2 heterocycles. The molecule has 0 radical (unpaired) electrons. The molecule has 1 aliphatic heterocycles. The summed E-state index contributed by atoms with van der Waals surface area (Å²) in [6.07, 6.45) is 8.04. The SMILES string of the molecule is Clc1ccc(C2=CCC3CNCC(C2)C3)cn1. The predicted molar refractivity (Wildman–Crippen MR) is 70.9 cm³/mol. The third kappa shape index (κ3) is 2.53. The van der Waals surface area contributed by atoms with Gasteiger partial charge in [-0.25, -0.2) is 4.98 Å². The van der Waals surface area contributed by atoms with Crippen LogP contribution in [0.1, 0.15) is 24.8 Å². The molecule has 1 aromatic heterocycles. The van der Waals surface area contributed by atoms with Gasteiger partial charge in [0, 0.05) is 6.20 Å². The van der Waals surface area contributed by atoms with Gasteiger partial charge in [-0.2, -0.15) is 0 Å². The monoisotopic (exact) mass is 248 g/mol. The van der Waals surface area contributed by atoms with Gasteiger partial charge in [-0.1, -0.05) is 23.7 Å². The van der Waals surface area contributed by atoms with Crippen LogP contribution in [0, 0.1) is 11.8 Å². The maximum absolute atomic E-state index is 5.83. The van der Waals surface area contributed by atoms with E-state index in [2.05, 4.69) is 22.4 Å². The van der Waals surface area contributed by atoms with E-state index in [0.717, 1.165) is 18.4 Å². The van der Waals surface area contributed by atoms with Crippen molar-refractivity contribution in [1.29, 1.82) is 0 Å². The number of pyridine rings is 1. The summed E-state index contributed by atoms with van der Waals surface area (Å²) in [5.74, 6) is 1.62. The maximum atomic E-state index is 5.83. The van der Waals surface area contributed by atoms with E-state index in [1.54, 1.807) is 0 Å². The topological polar surface area (TPSA) is 24.9 Å². The maximum Gasteiger partial charge on any atom is 0.129 e. The molecule has 1 aromatic rings. The summed E-state index contributed by atoms with van der Waals surface area (Å²) in [5.41, 5.74) is 2.69. The van der Waals surface area contributed by atoms with E-state index < -0.39 is 0 Å². The number of rotatable bonds is 1. The highest BCUT2D eigenvalue weighted by atomic mass is 35.5. The Morgan fingerprint density at radius 1 is 1.24 bits per heavy atom. The first kappa shape index (κ1) is 11.2. The molecule has 2 atom stereocenters. The first-order valence-electron chi connectivity index (χ1n) is 6.33. The van der Waals surface area contributed by atoms with Gasteiger partial charge in [0.1, 0.15) is 5.15 Å². The van der Waals surface area contributed by atoms with Crippen molar-refractivity contribution in [3.8, 4) is 0 Å². The molecule has 17 heavy (non-hydrogen) atoms. The number of nitrogens with one attached hydrogen (secondary N) is 1. The third-order valence-electron chi connectivity index (χ3n) is 3.84. The molecular weight excluding hydrogens is 232 g/mol. The number of aromatic nitrogens is 1. The van der Waals surface area contributed by atoms with Crippen LogP contribution < -0.4 is 5.32 Å². The van der Waals surface area contributed by atoms with Gasteiger partial charge in [0.05, 0.1) is 0 Å². The van der Waals surface area contributed by atoms with E-state index in [4.69, 9.17) is 11.6 Å². The minimum absolute atomic E-state index is 0.573.